The maximum atomic E-state index is 11.8. The first-order chi connectivity index (χ1) is 4.30. The van der Waals surface area contributed by atoms with E-state index < -0.39 is 6.43 Å². The Hall–Kier alpha value is -0.660. The molecule has 0 radical (unpaired) electrons. The first kappa shape index (κ1) is 6.46. The summed E-state index contributed by atoms with van der Waals surface area (Å²) >= 11 is 0. The van der Waals surface area contributed by atoms with Crippen molar-refractivity contribution in [1.82, 2.24) is 0 Å². The molecule has 0 atom stereocenters. The van der Waals surface area contributed by atoms with Crippen LogP contribution in [0.1, 0.15) is 12.8 Å². The van der Waals surface area contributed by atoms with Gasteiger partial charge in [0.25, 0.3) is 6.43 Å². The van der Waals surface area contributed by atoms with Crippen LogP contribution >= 0.6 is 0 Å². The fourth-order valence-corrected chi connectivity index (χ4v) is 0.803. The quantitative estimate of drug-likeness (QED) is 0.511. The minimum absolute atomic E-state index is 0.262. The van der Waals surface area contributed by atoms with Crippen LogP contribution in [0, 0.1) is 0 Å². The van der Waals surface area contributed by atoms with Gasteiger partial charge in [0.05, 0.1) is 0 Å². The van der Waals surface area contributed by atoms with E-state index in [0.29, 0.717) is 6.42 Å². The molecule has 0 aromatic heterocycles. The summed E-state index contributed by atoms with van der Waals surface area (Å²) in [6.07, 6.45) is 4.10. The molecule has 0 heterocycles. The fourth-order valence-electron chi connectivity index (χ4n) is 0.803. The minimum Gasteiger partial charge on any atom is -0.205 e. The Labute approximate surface area is 52.9 Å². The van der Waals surface area contributed by atoms with Gasteiger partial charge in [-0.15, -0.1) is 0 Å². The summed E-state index contributed by atoms with van der Waals surface area (Å²) in [5.41, 5.74) is 0.262. The maximum absolute atomic E-state index is 11.8. The van der Waals surface area contributed by atoms with E-state index in [1.807, 2.05) is 6.08 Å². The predicted molar refractivity (Wildman–Crippen MR) is 32.5 cm³/mol. The molecule has 0 N–H and O–H groups in total. The standard InChI is InChI=1S/C7H8F2/c8-7(9)6-4-2-1-3-5-6/h1-2,4,7H,3,5H2. The largest absolute Gasteiger partial charge is 0.260 e. The highest BCUT2D eigenvalue weighted by atomic mass is 19.3. The van der Waals surface area contributed by atoms with E-state index in [9.17, 15) is 8.78 Å². The molecular weight excluding hydrogens is 122 g/mol. The van der Waals surface area contributed by atoms with Gasteiger partial charge in [-0.25, -0.2) is 8.78 Å². The lowest BCUT2D eigenvalue weighted by atomic mass is 10.1. The third-order valence-electron chi connectivity index (χ3n) is 1.33. The second-order valence-electron chi connectivity index (χ2n) is 2.01. The Morgan fingerprint density at radius 1 is 1.44 bits per heavy atom. The zero-order valence-electron chi connectivity index (χ0n) is 4.98. The Bertz CT molecular complexity index is 145. The fraction of sp³-hybridized carbons (Fsp3) is 0.429. The molecule has 0 unspecified atom stereocenters. The molecular formula is C7H8F2. The molecule has 0 amide bonds. The summed E-state index contributed by atoms with van der Waals surface area (Å²) in [6.45, 7) is 0. The summed E-state index contributed by atoms with van der Waals surface area (Å²) in [4.78, 5) is 0. The van der Waals surface area contributed by atoms with Crippen LogP contribution < -0.4 is 0 Å². The van der Waals surface area contributed by atoms with E-state index in [-0.39, 0.29) is 5.57 Å². The highest BCUT2D eigenvalue weighted by molar-refractivity contribution is 5.18. The van der Waals surface area contributed by atoms with Gasteiger partial charge in [0.1, 0.15) is 0 Å². The number of alkyl halides is 2. The van der Waals surface area contributed by atoms with Gasteiger partial charge < -0.3 is 0 Å². The Morgan fingerprint density at radius 2 is 2.22 bits per heavy atom. The Kier molecular flexibility index (Phi) is 1.98. The van der Waals surface area contributed by atoms with Crippen LogP contribution in [0.4, 0.5) is 8.78 Å². The minimum atomic E-state index is -2.25. The topological polar surface area (TPSA) is 0 Å². The molecule has 0 nitrogen and oxygen atoms in total. The van der Waals surface area contributed by atoms with Crippen LogP contribution in [0.2, 0.25) is 0 Å². The first-order valence-corrected chi connectivity index (χ1v) is 2.94. The van der Waals surface area contributed by atoms with Crippen LogP contribution in [0.3, 0.4) is 0 Å². The lowest BCUT2D eigenvalue weighted by molar-refractivity contribution is 0.185. The molecule has 9 heavy (non-hydrogen) atoms. The summed E-state index contributed by atoms with van der Waals surface area (Å²) in [5, 5.41) is 0. The van der Waals surface area contributed by atoms with E-state index in [1.54, 1.807) is 6.08 Å². The molecule has 0 fully saturated rings. The van der Waals surface area contributed by atoms with Gasteiger partial charge in [-0.1, -0.05) is 18.2 Å². The van der Waals surface area contributed by atoms with Gasteiger partial charge in [-0.2, -0.15) is 0 Å². The van der Waals surface area contributed by atoms with E-state index >= 15 is 0 Å². The van der Waals surface area contributed by atoms with Gasteiger partial charge in [-0.3, -0.25) is 0 Å². The molecule has 1 rings (SSSR count). The van der Waals surface area contributed by atoms with E-state index in [4.69, 9.17) is 0 Å². The number of hydrogen-bond donors (Lipinski definition) is 0. The van der Waals surface area contributed by atoms with Crippen molar-refractivity contribution >= 4 is 0 Å². The van der Waals surface area contributed by atoms with E-state index in [2.05, 4.69) is 0 Å². The molecule has 1 aliphatic rings. The molecule has 2 heteroatoms. The van der Waals surface area contributed by atoms with Crippen LogP contribution in [0.15, 0.2) is 23.8 Å². The maximum Gasteiger partial charge on any atom is 0.260 e. The van der Waals surface area contributed by atoms with E-state index in [0.717, 1.165) is 6.42 Å². The second kappa shape index (κ2) is 2.76. The normalized spacial score (nSPS) is 18.3. The molecule has 0 aromatic rings. The van der Waals surface area contributed by atoms with Crippen molar-refractivity contribution < 1.29 is 8.78 Å². The molecule has 0 bridgehead atoms. The average Bonchev–Trinajstić information content (AvgIpc) is 1.90. The van der Waals surface area contributed by atoms with Crippen LogP contribution in [-0.4, -0.2) is 6.43 Å². The third-order valence-corrected chi connectivity index (χ3v) is 1.33. The molecule has 0 saturated heterocycles. The van der Waals surface area contributed by atoms with Crippen molar-refractivity contribution in [3.05, 3.63) is 23.8 Å². The van der Waals surface area contributed by atoms with Gasteiger partial charge in [-0.05, 0) is 18.4 Å². The number of halogens is 2. The van der Waals surface area contributed by atoms with Crippen molar-refractivity contribution in [1.29, 1.82) is 0 Å². The van der Waals surface area contributed by atoms with Gasteiger partial charge in [0.2, 0.25) is 0 Å². The van der Waals surface area contributed by atoms with Crippen LogP contribution in [-0.2, 0) is 0 Å². The van der Waals surface area contributed by atoms with Crippen molar-refractivity contribution in [2.75, 3.05) is 0 Å². The number of allylic oxidation sites excluding steroid dienone is 4. The predicted octanol–water partition coefficient (Wildman–Crippen LogP) is 2.53. The highest BCUT2D eigenvalue weighted by Crippen LogP contribution is 2.18. The van der Waals surface area contributed by atoms with Crippen molar-refractivity contribution in [3.8, 4) is 0 Å². The molecule has 0 saturated carbocycles. The second-order valence-corrected chi connectivity index (χ2v) is 2.01. The lowest BCUT2D eigenvalue weighted by Gasteiger charge is -2.05. The zero-order valence-corrected chi connectivity index (χ0v) is 4.98. The van der Waals surface area contributed by atoms with Crippen molar-refractivity contribution in [3.63, 3.8) is 0 Å². The third kappa shape index (κ3) is 1.63. The lowest BCUT2D eigenvalue weighted by Crippen LogP contribution is -1.97. The molecule has 1 aliphatic carbocycles. The van der Waals surface area contributed by atoms with Gasteiger partial charge >= 0.3 is 0 Å². The molecule has 50 valence electrons. The van der Waals surface area contributed by atoms with Gasteiger partial charge in [0, 0.05) is 0 Å². The summed E-state index contributed by atoms with van der Waals surface area (Å²) in [5.74, 6) is 0. The SMILES string of the molecule is FC(F)C1=CC=CCC1. The Morgan fingerprint density at radius 3 is 2.56 bits per heavy atom. The van der Waals surface area contributed by atoms with Crippen molar-refractivity contribution in [2.45, 2.75) is 19.3 Å². The summed E-state index contributed by atoms with van der Waals surface area (Å²) in [6, 6.07) is 0. The summed E-state index contributed by atoms with van der Waals surface area (Å²) in [7, 11) is 0. The van der Waals surface area contributed by atoms with Crippen LogP contribution in [0.25, 0.3) is 0 Å². The number of hydrogen-bond acceptors (Lipinski definition) is 0. The monoisotopic (exact) mass is 130 g/mol. The Balaban J connectivity index is 2.57. The first-order valence-electron chi connectivity index (χ1n) is 2.94. The smallest absolute Gasteiger partial charge is 0.205 e. The average molecular weight is 130 g/mol. The molecule has 0 aliphatic heterocycles. The van der Waals surface area contributed by atoms with Crippen molar-refractivity contribution in [2.24, 2.45) is 0 Å². The van der Waals surface area contributed by atoms with Gasteiger partial charge in [0.15, 0.2) is 0 Å². The summed E-state index contributed by atoms with van der Waals surface area (Å²) < 4.78 is 23.6. The molecule has 0 aromatic carbocycles. The highest BCUT2D eigenvalue weighted by Gasteiger charge is 2.09. The van der Waals surface area contributed by atoms with Crippen LogP contribution in [0.5, 0.6) is 0 Å². The van der Waals surface area contributed by atoms with E-state index in [1.165, 1.54) is 6.08 Å². The number of rotatable bonds is 1. The molecule has 0 spiro atoms. The zero-order chi connectivity index (χ0) is 6.69.